The molecule has 2 aliphatic rings. The van der Waals surface area contributed by atoms with Crippen molar-refractivity contribution >= 4 is 21.6 Å². The number of benzene rings is 1. The van der Waals surface area contributed by atoms with Gasteiger partial charge in [0.15, 0.2) is 0 Å². The summed E-state index contributed by atoms with van der Waals surface area (Å²) in [6.45, 7) is 5.68. The molecule has 2 saturated heterocycles. The number of anilines is 1. The van der Waals surface area contributed by atoms with Gasteiger partial charge in [-0.15, -0.1) is 0 Å². The topological polar surface area (TPSA) is 60.9 Å². The summed E-state index contributed by atoms with van der Waals surface area (Å²) in [7, 11) is -1.31. The molecule has 2 fully saturated rings. The molecule has 3 rings (SSSR count). The summed E-state index contributed by atoms with van der Waals surface area (Å²) in [5.41, 5.74) is 2.42. The molecule has 0 aliphatic carbocycles. The predicted molar refractivity (Wildman–Crippen MR) is 117 cm³/mol. The van der Waals surface area contributed by atoms with Crippen molar-refractivity contribution in [2.45, 2.75) is 52.0 Å². The zero-order valence-electron chi connectivity index (χ0n) is 17.8. The van der Waals surface area contributed by atoms with Gasteiger partial charge in [0.1, 0.15) is 0 Å². The average molecular weight is 422 g/mol. The highest BCUT2D eigenvalue weighted by Crippen LogP contribution is 2.27. The molecule has 2 heterocycles. The zero-order valence-corrected chi connectivity index (χ0v) is 18.7. The van der Waals surface area contributed by atoms with Crippen LogP contribution in [0, 0.1) is 5.92 Å². The monoisotopic (exact) mass is 421 g/mol. The minimum atomic E-state index is -3.18. The maximum atomic E-state index is 13.0. The van der Waals surface area contributed by atoms with Gasteiger partial charge in [-0.2, -0.15) is 0 Å². The van der Waals surface area contributed by atoms with Gasteiger partial charge in [-0.3, -0.25) is 4.79 Å². The van der Waals surface area contributed by atoms with Gasteiger partial charge in [0.05, 0.1) is 5.75 Å². The van der Waals surface area contributed by atoms with Crippen LogP contribution in [0.4, 0.5) is 5.69 Å². The molecule has 1 amide bonds. The third-order valence-corrected chi connectivity index (χ3v) is 8.13. The number of unbranched alkanes of at least 4 members (excludes halogenated alkanes) is 1. The summed E-state index contributed by atoms with van der Waals surface area (Å²) in [4.78, 5) is 17.2. The van der Waals surface area contributed by atoms with Crippen molar-refractivity contribution in [3.8, 4) is 0 Å². The SMILES string of the molecule is CCCCS(=O)(=O)N1CCC(C(=O)N(C)Cc2ccccc2N2CCCC2)CC1. The number of piperidine rings is 1. The van der Waals surface area contributed by atoms with Crippen LogP contribution >= 0.6 is 0 Å². The second-order valence-electron chi connectivity index (χ2n) is 8.36. The van der Waals surface area contributed by atoms with Crippen molar-refractivity contribution in [3.63, 3.8) is 0 Å². The van der Waals surface area contributed by atoms with E-state index in [0.717, 1.165) is 19.5 Å². The zero-order chi connectivity index (χ0) is 20.9. The van der Waals surface area contributed by atoms with Gasteiger partial charge in [0.2, 0.25) is 15.9 Å². The largest absolute Gasteiger partial charge is 0.371 e. The number of sulfonamides is 1. The van der Waals surface area contributed by atoms with Crippen LogP contribution in [0.5, 0.6) is 0 Å². The molecular formula is C22H35N3O3S. The fraction of sp³-hybridized carbons (Fsp3) is 0.682. The fourth-order valence-electron chi connectivity index (χ4n) is 4.39. The van der Waals surface area contributed by atoms with Crippen LogP contribution in [0.1, 0.15) is 51.0 Å². The van der Waals surface area contributed by atoms with E-state index in [-0.39, 0.29) is 17.6 Å². The third-order valence-electron chi connectivity index (χ3n) is 6.17. The van der Waals surface area contributed by atoms with E-state index in [4.69, 9.17) is 0 Å². The molecule has 0 spiro atoms. The summed E-state index contributed by atoms with van der Waals surface area (Å²) in [6.07, 6.45) is 5.24. The van der Waals surface area contributed by atoms with E-state index in [1.807, 2.05) is 24.9 Å². The van der Waals surface area contributed by atoms with Gasteiger partial charge in [0.25, 0.3) is 0 Å². The second kappa shape index (κ2) is 9.94. The van der Waals surface area contributed by atoms with Crippen molar-refractivity contribution in [1.29, 1.82) is 0 Å². The fourth-order valence-corrected chi connectivity index (χ4v) is 6.07. The van der Waals surface area contributed by atoms with Gasteiger partial charge in [-0.25, -0.2) is 12.7 Å². The summed E-state index contributed by atoms with van der Waals surface area (Å²) in [5, 5.41) is 0. The molecule has 2 aliphatic heterocycles. The van der Waals surface area contributed by atoms with E-state index in [0.29, 0.717) is 38.9 Å². The molecule has 0 N–H and O–H groups in total. The minimum Gasteiger partial charge on any atom is -0.371 e. The van der Waals surface area contributed by atoms with E-state index >= 15 is 0 Å². The number of amides is 1. The molecule has 0 radical (unpaired) electrons. The van der Waals surface area contributed by atoms with Crippen LogP contribution in [0.2, 0.25) is 0 Å². The summed E-state index contributed by atoms with van der Waals surface area (Å²) in [6, 6.07) is 8.36. The first-order valence-corrected chi connectivity index (χ1v) is 12.6. The quantitative estimate of drug-likeness (QED) is 0.647. The molecule has 29 heavy (non-hydrogen) atoms. The Labute approximate surface area is 175 Å². The minimum absolute atomic E-state index is 0.0865. The summed E-state index contributed by atoms with van der Waals surface area (Å²) >= 11 is 0. The summed E-state index contributed by atoms with van der Waals surface area (Å²) < 4.78 is 26.3. The number of para-hydroxylation sites is 1. The van der Waals surface area contributed by atoms with Crippen LogP contribution in [0.3, 0.4) is 0 Å². The molecule has 0 bridgehead atoms. The number of hydrogen-bond donors (Lipinski definition) is 0. The van der Waals surface area contributed by atoms with E-state index in [9.17, 15) is 13.2 Å². The molecule has 1 aromatic carbocycles. The number of rotatable bonds is 8. The first kappa shape index (κ1) is 22.1. The molecule has 6 nitrogen and oxygen atoms in total. The average Bonchev–Trinajstić information content (AvgIpc) is 3.27. The number of carbonyl (C=O) groups is 1. The molecule has 0 atom stereocenters. The Kier molecular flexibility index (Phi) is 7.57. The lowest BCUT2D eigenvalue weighted by molar-refractivity contribution is -0.135. The Morgan fingerprint density at radius 3 is 2.41 bits per heavy atom. The maximum absolute atomic E-state index is 13.0. The van der Waals surface area contributed by atoms with Crippen LogP contribution in [0.15, 0.2) is 24.3 Å². The van der Waals surface area contributed by atoms with E-state index in [2.05, 4.69) is 23.1 Å². The number of hydrogen-bond acceptors (Lipinski definition) is 4. The normalized spacial score (nSPS) is 18.9. The molecular weight excluding hydrogens is 386 g/mol. The molecule has 0 saturated carbocycles. The van der Waals surface area contributed by atoms with Crippen LogP contribution in [-0.4, -0.2) is 62.5 Å². The van der Waals surface area contributed by atoms with Gasteiger partial charge < -0.3 is 9.80 Å². The highest BCUT2D eigenvalue weighted by Gasteiger charge is 2.32. The first-order valence-electron chi connectivity index (χ1n) is 11.0. The van der Waals surface area contributed by atoms with E-state index < -0.39 is 10.0 Å². The highest BCUT2D eigenvalue weighted by molar-refractivity contribution is 7.89. The third kappa shape index (κ3) is 5.51. The number of nitrogens with zero attached hydrogens (tertiary/aromatic N) is 3. The Balaban J connectivity index is 1.57. The Morgan fingerprint density at radius 1 is 1.10 bits per heavy atom. The summed E-state index contributed by atoms with van der Waals surface area (Å²) in [5.74, 6) is 0.262. The second-order valence-corrected chi connectivity index (χ2v) is 10.4. The predicted octanol–water partition coefficient (Wildman–Crippen LogP) is 3.09. The van der Waals surface area contributed by atoms with E-state index in [1.54, 1.807) is 4.31 Å². The standard InChI is InChI=1S/C22H35N3O3S/c1-3-4-17-29(27,28)25-15-11-19(12-16-25)22(26)23(2)18-20-9-5-6-10-21(20)24-13-7-8-14-24/h5-6,9-10,19H,3-4,7-8,11-18H2,1-2H3. The van der Waals surface area contributed by atoms with Crippen LogP contribution in [0.25, 0.3) is 0 Å². The molecule has 7 heteroatoms. The number of carbonyl (C=O) groups excluding carboxylic acids is 1. The van der Waals surface area contributed by atoms with Gasteiger partial charge in [-0.1, -0.05) is 31.5 Å². The van der Waals surface area contributed by atoms with E-state index in [1.165, 1.54) is 24.1 Å². The van der Waals surface area contributed by atoms with Gasteiger partial charge in [-0.05, 0) is 43.7 Å². The smallest absolute Gasteiger partial charge is 0.225 e. The Hall–Kier alpha value is -1.60. The molecule has 162 valence electrons. The van der Waals surface area contributed by atoms with Crippen LogP contribution < -0.4 is 4.90 Å². The van der Waals surface area contributed by atoms with Crippen molar-refractivity contribution in [2.24, 2.45) is 5.92 Å². The van der Waals surface area contributed by atoms with Crippen molar-refractivity contribution in [1.82, 2.24) is 9.21 Å². The van der Waals surface area contributed by atoms with Crippen molar-refractivity contribution < 1.29 is 13.2 Å². The Bertz CT molecular complexity index is 782. The van der Waals surface area contributed by atoms with Crippen LogP contribution in [-0.2, 0) is 21.4 Å². The van der Waals surface area contributed by atoms with Gasteiger partial charge in [0, 0.05) is 51.4 Å². The molecule has 1 aromatic rings. The van der Waals surface area contributed by atoms with Crippen molar-refractivity contribution in [2.75, 3.05) is 43.9 Å². The Morgan fingerprint density at radius 2 is 1.76 bits per heavy atom. The highest BCUT2D eigenvalue weighted by atomic mass is 32.2. The first-order chi connectivity index (χ1) is 13.9. The van der Waals surface area contributed by atoms with Gasteiger partial charge >= 0.3 is 0 Å². The lowest BCUT2D eigenvalue weighted by atomic mass is 9.96. The molecule has 0 aromatic heterocycles. The van der Waals surface area contributed by atoms with Crippen molar-refractivity contribution in [3.05, 3.63) is 29.8 Å². The lowest BCUT2D eigenvalue weighted by Crippen LogP contribution is -2.44. The molecule has 0 unspecified atom stereocenters. The lowest BCUT2D eigenvalue weighted by Gasteiger charge is -2.33. The maximum Gasteiger partial charge on any atom is 0.225 e.